The maximum atomic E-state index is 11.6. The lowest BCUT2D eigenvalue weighted by Crippen LogP contribution is -2.11. The van der Waals surface area contributed by atoms with Gasteiger partial charge in [0, 0.05) is 17.6 Å². The van der Waals surface area contributed by atoms with Gasteiger partial charge in [-0.1, -0.05) is 80.7 Å². The Bertz CT molecular complexity index is 1110. The van der Waals surface area contributed by atoms with Crippen molar-refractivity contribution in [3.8, 4) is 28.0 Å². The molecule has 0 amide bonds. The van der Waals surface area contributed by atoms with Crippen LogP contribution < -0.4 is 4.74 Å². The van der Waals surface area contributed by atoms with Crippen molar-refractivity contribution in [2.75, 3.05) is 6.61 Å². The van der Waals surface area contributed by atoms with E-state index in [1.165, 1.54) is 0 Å². The topological polar surface area (TPSA) is 52.6 Å². The zero-order valence-electron chi connectivity index (χ0n) is 18.3. The molecular weight excluding hydrogens is 400 g/mol. The van der Waals surface area contributed by atoms with Crippen molar-refractivity contribution in [3.63, 3.8) is 0 Å². The molecule has 3 aromatic rings. The lowest BCUT2D eigenvalue weighted by Gasteiger charge is -2.13. The minimum absolute atomic E-state index is 0.100. The van der Waals surface area contributed by atoms with Crippen molar-refractivity contribution >= 4 is 11.9 Å². The fourth-order valence-corrected chi connectivity index (χ4v) is 3.15. The van der Waals surface area contributed by atoms with Crippen molar-refractivity contribution in [1.82, 2.24) is 0 Å². The van der Waals surface area contributed by atoms with Crippen LogP contribution in [0.4, 0.5) is 0 Å². The number of benzene rings is 3. The smallest absolute Gasteiger partial charge is 0.335 e. The number of hydrogen-bond acceptors (Lipinski definition) is 4. The van der Waals surface area contributed by atoms with Crippen LogP contribution >= 0.6 is 0 Å². The number of hydrogen-bond donors (Lipinski definition) is 0. The second-order valence-electron chi connectivity index (χ2n) is 7.63. The zero-order valence-corrected chi connectivity index (χ0v) is 18.3. The monoisotopic (exact) mass is 426 g/mol. The number of esters is 2. The van der Waals surface area contributed by atoms with Crippen LogP contribution in [0, 0.1) is 0 Å². The van der Waals surface area contributed by atoms with Gasteiger partial charge in [0.1, 0.15) is 5.75 Å². The van der Waals surface area contributed by atoms with Crippen LogP contribution in [-0.2, 0) is 14.3 Å². The molecule has 0 fully saturated rings. The number of carbonyl (C=O) groups excluding carboxylic acids is 2. The van der Waals surface area contributed by atoms with Crippen LogP contribution in [0.3, 0.4) is 0 Å². The molecule has 0 saturated heterocycles. The van der Waals surface area contributed by atoms with Gasteiger partial charge in [0.2, 0.25) is 0 Å². The fourth-order valence-electron chi connectivity index (χ4n) is 3.15. The maximum absolute atomic E-state index is 11.6. The molecule has 162 valence electrons. The number of rotatable bonds is 8. The average Bonchev–Trinajstić information content (AvgIpc) is 2.82. The fraction of sp³-hybridized carbons (Fsp3) is 0.143. The normalized spacial score (nSPS) is 11.3. The van der Waals surface area contributed by atoms with Crippen molar-refractivity contribution in [2.24, 2.45) is 0 Å². The van der Waals surface area contributed by atoms with E-state index in [0.29, 0.717) is 17.9 Å². The molecule has 3 rings (SSSR count). The second-order valence-corrected chi connectivity index (χ2v) is 7.63. The summed E-state index contributed by atoms with van der Waals surface area (Å²) in [6, 6.07) is 23.9. The van der Waals surface area contributed by atoms with E-state index < -0.39 is 5.97 Å². The van der Waals surface area contributed by atoms with Crippen LogP contribution in [0.5, 0.6) is 5.75 Å². The largest absolute Gasteiger partial charge is 0.462 e. The SMILES string of the molecule is C=CC(=O)Oc1ccc(-c2ccc(-c3ccc(C(C)COC(=O)C(=C)C)cc3)cc2)cc1. The second kappa shape index (κ2) is 10.4. The molecule has 0 aromatic heterocycles. The van der Waals surface area contributed by atoms with Gasteiger partial charge in [-0.3, -0.25) is 0 Å². The maximum Gasteiger partial charge on any atom is 0.335 e. The average molecular weight is 427 g/mol. The minimum atomic E-state index is -0.476. The lowest BCUT2D eigenvalue weighted by molar-refractivity contribution is -0.139. The Balaban J connectivity index is 1.65. The van der Waals surface area contributed by atoms with E-state index >= 15 is 0 Å². The van der Waals surface area contributed by atoms with Crippen LogP contribution in [0.1, 0.15) is 25.3 Å². The lowest BCUT2D eigenvalue weighted by atomic mass is 9.96. The van der Waals surface area contributed by atoms with Crippen LogP contribution in [0.15, 0.2) is 97.6 Å². The molecule has 0 heterocycles. The van der Waals surface area contributed by atoms with Crippen molar-refractivity contribution in [3.05, 3.63) is 103 Å². The van der Waals surface area contributed by atoms with Gasteiger partial charge in [0.15, 0.2) is 0 Å². The Hall–Kier alpha value is -3.92. The summed E-state index contributed by atoms with van der Waals surface area (Å²) in [5.74, 6) is -0.251. The van der Waals surface area contributed by atoms with Gasteiger partial charge in [-0.05, 0) is 46.9 Å². The third-order valence-electron chi connectivity index (χ3n) is 5.08. The number of ether oxygens (including phenoxy) is 2. The summed E-state index contributed by atoms with van der Waals surface area (Å²) in [6.45, 7) is 11.0. The van der Waals surface area contributed by atoms with E-state index in [4.69, 9.17) is 9.47 Å². The molecule has 4 heteroatoms. The van der Waals surface area contributed by atoms with E-state index in [2.05, 4.69) is 61.7 Å². The van der Waals surface area contributed by atoms with Gasteiger partial charge >= 0.3 is 11.9 Å². The first-order valence-corrected chi connectivity index (χ1v) is 10.3. The Morgan fingerprint density at radius 1 is 0.844 bits per heavy atom. The van der Waals surface area contributed by atoms with E-state index in [1.807, 2.05) is 19.1 Å². The molecule has 0 radical (unpaired) electrons. The van der Waals surface area contributed by atoms with E-state index in [0.717, 1.165) is 33.9 Å². The quantitative estimate of drug-likeness (QED) is 0.240. The molecule has 0 saturated carbocycles. The predicted molar refractivity (Wildman–Crippen MR) is 127 cm³/mol. The molecule has 0 aliphatic rings. The highest BCUT2D eigenvalue weighted by Gasteiger charge is 2.10. The summed E-state index contributed by atoms with van der Waals surface area (Å²) in [5.41, 5.74) is 5.83. The van der Waals surface area contributed by atoms with Gasteiger partial charge in [-0.25, -0.2) is 9.59 Å². The summed E-state index contributed by atoms with van der Waals surface area (Å²) in [4.78, 5) is 22.9. The minimum Gasteiger partial charge on any atom is -0.462 e. The highest BCUT2D eigenvalue weighted by Crippen LogP contribution is 2.27. The summed E-state index contributed by atoms with van der Waals surface area (Å²) < 4.78 is 10.4. The first kappa shape index (κ1) is 22.8. The molecule has 32 heavy (non-hydrogen) atoms. The van der Waals surface area contributed by atoms with E-state index in [1.54, 1.807) is 19.1 Å². The highest BCUT2D eigenvalue weighted by atomic mass is 16.5. The summed E-state index contributed by atoms with van der Waals surface area (Å²) in [7, 11) is 0. The Morgan fingerprint density at radius 3 is 1.72 bits per heavy atom. The molecule has 0 N–H and O–H groups in total. The predicted octanol–water partition coefficient (Wildman–Crippen LogP) is 6.33. The van der Waals surface area contributed by atoms with Gasteiger partial charge < -0.3 is 9.47 Å². The Labute approximate surface area is 188 Å². The molecule has 3 aromatic carbocycles. The van der Waals surface area contributed by atoms with E-state index in [9.17, 15) is 9.59 Å². The molecular formula is C28H26O4. The summed E-state index contributed by atoms with van der Waals surface area (Å²) in [5, 5.41) is 0. The van der Waals surface area contributed by atoms with Crippen LogP contribution in [0.2, 0.25) is 0 Å². The van der Waals surface area contributed by atoms with Crippen molar-refractivity contribution < 1.29 is 19.1 Å². The summed E-state index contributed by atoms with van der Waals surface area (Å²) in [6.07, 6.45) is 1.14. The first-order valence-electron chi connectivity index (χ1n) is 10.3. The van der Waals surface area contributed by atoms with Gasteiger partial charge in [-0.15, -0.1) is 0 Å². The molecule has 0 spiro atoms. The third kappa shape index (κ3) is 5.82. The number of carbonyl (C=O) groups is 2. The standard InChI is InChI=1S/C28H26O4/c1-5-27(29)32-26-16-14-25(15-17-26)24-12-10-23(11-13-24)22-8-6-21(7-9-22)20(4)18-31-28(30)19(2)3/h5-17,20H,1-2,18H2,3-4H3. The summed E-state index contributed by atoms with van der Waals surface area (Å²) >= 11 is 0. The first-order chi connectivity index (χ1) is 15.4. The van der Waals surface area contributed by atoms with Gasteiger partial charge in [0.25, 0.3) is 0 Å². The van der Waals surface area contributed by atoms with Crippen LogP contribution in [0.25, 0.3) is 22.3 Å². The molecule has 4 nitrogen and oxygen atoms in total. The van der Waals surface area contributed by atoms with Crippen molar-refractivity contribution in [1.29, 1.82) is 0 Å². The Kier molecular flexibility index (Phi) is 7.40. The zero-order chi connectivity index (χ0) is 23.1. The van der Waals surface area contributed by atoms with Gasteiger partial charge in [-0.2, -0.15) is 0 Å². The molecule has 1 atom stereocenters. The molecule has 0 aliphatic heterocycles. The molecule has 1 unspecified atom stereocenters. The van der Waals surface area contributed by atoms with Crippen molar-refractivity contribution in [2.45, 2.75) is 19.8 Å². The molecule has 0 aliphatic carbocycles. The Morgan fingerprint density at radius 2 is 1.28 bits per heavy atom. The van der Waals surface area contributed by atoms with E-state index in [-0.39, 0.29) is 11.9 Å². The van der Waals surface area contributed by atoms with Crippen LogP contribution in [-0.4, -0.2) is 18.5 Å². The van der Waals surface area contributed by atoms with Gasteiger partial charge in [0.05, 0.1) is 6.61 Å². The highest BCUT2D eigenvalue weighted by molar-refractivity contribution is 5.87. The molecule has 0 bridgehead atoms. The third-order valence-corrected chi connectivity index (χ3v) is 5.08.